The third-order valence-electron chi connectivity index (χ3n) is 2.89. The number of amides is 1. The van der Waals surface area contributed by atoms with Crippen LogP contribution in [0.15, 0.2) is 0 Å². The minimum Gasteiger partial charge on any atom is -0.355 e. The van der Waals surface area contributed by atoms with Gasteiger partial charge in [-0.25, -0.2) is 0 Å². The van der Waals surface area contributed by atoms with E-state index in [0.29, 0.717) is 12.5 Å². The van der Waals surface area contributed by atoms with Gasteiger partial charge in [0.1, 0.15) is 0 Å². The highest BCUT2D eigenvalue weighted by molar-refractivity contribution is 5.77. The molecule has 1 rings (SSSR count). The van der Waals surface area contributed by atoms with Crippen LogP contribution in [0.25, 0.3) is 0 Å². The maximum atomic E-state index is 11.3. The molecule has 88 valence electrons. The van der Waals surface area contributed by atoms with Gasteiger partial charge in [-0.2, -0.15) is 0 Å². The lowest BCUT2D eigenvalue weighted by atomic mass is 10.1. The SMILES string of the molecule is CC(C)CNC(=O)CNCC(C)C1CC1. The summed E-state index contributed by atoms with van der Waals surface area (Å²) < 4.78 is 0. The van der Waals surface area contributed by atoms with E-state index in [-0.39, 0.29) is 5.91 Å². The van der Waals surface area contributed by atoms with Crippen LogP contribution in [0.1, 0.15) is 33.6 Å². The summed E-state index contributed by atoms with van der Waals surface area (Å²) in [5, 5.41) is 6.12. The Bertz CT molecular complexity index is 200. The molecular weight excluding hydrogens is 188 g/mol. The van der Waals surface area contributed by atoms with Crippen LogP contribution in [-0.4, -0.2) is 25.5 Å². The summed E-state index contributed by atoms with van der Waals surface area (Å²) in [5.74, 6) is 2.28. The lowest BCUT2D eigenvalue weighted by Gasteiger charge is -2.12. The highest BCUT2D eigenvalue weighted by Crippen LogP contribution is 2.35. The minimum absolute atomic E-state index is 0.117. The average molecular weight is 212 g/mol. The standard InChI is InChI=1S/C12H24N2O/c1-9(2)6-14-12(15)8-13-7-10(3)11-4-5-11/h9-11,13H,4-8H2,1-3H3,(H,14,15). The lowest BCUT2D eigenvalue weighted by Crippen LogP contribution is -2.37. The van der Waals surface area contributed by atoms with E-state index < -0.39 is 0 Å². The van der Waals surface area contributed by atoms with Gasteiger partial charge in [-0.15, -0.1) is 0 Å². The molecule has 0 radical (unpaired) electrons. The second-order valence-corrected chi connectivity index (χ2v) is 5.14. The van der Waals surface area contributed by atoms with Gasteiger partial charge in [0.2, 0.25) is 5.91 Å². The Morgan fingerprint density at radius 3 is 2.47 bits per heavy atom. The van der Waals surface area contributed by atoms with E-state index in [9.17, 15) is 4.79 Å². The van der Waals surface area contributed by atoms with Crippen LogP contribution in [-0.2, 0) is 4.79 Å². The Balaban J connectivity index is 1.96. The van der Waals surface area contributed by atoms with Crippen molar-refractivity contribution in [2.45, 2.75) is 33.6 Å². The molecule has 1 saturated carbocycles. The molecule has 0 spiro atoms. The topological polar surface area (TPSA) is 41.1 Å². The van der Waals surface area contributed by atoms with Crippen molar-refractivity contribution in [3.05, 3.63) is 0 Å². The molecule has 3 heteroatoms. The van der Waals surface area contributed by atoms with Crippen LogP contribution in [0.5, 0.6) is 0 Å². The largest absolute Gasteiger partial charge is 0.355 e. The summed E-state index contributed by atoms with van der Waals surface area (Å²) in [5.41, 5.74) is 0. The highest BCUT2D eigenvalue weighted by Gasteiger charge is 2.27. The number of carbonyl (C=O) groups excluding carboxylic acids is 1. The van der Waals surface area contributed by atoms with E-state index in [2.05, 4.69) is 31.4 Å². The summed E-state index contributed by atoms with van der Waals surface area (Å²) >= 11 is 0. The molecule has 0 aromatic carbocycles. The Morgan fingerprint density at radius 2 is 1.93 bits per heavy atom. The Kier molecular flexibility index (Phi) is 5.09. The van der Waals surface area contributed by atoms with Crippen LogP contribution < -0.4 is 10.6 Å². The zero-order valence-corrected chi connectivity index (χ0v) is 10.2. The molecule has 0 saturated heterocycles. The van der Waals surface area contributed by atoms with Crippen LogP contribution in [0, 0.1) is 17.8 Å². The molecule has 0 aliphatic heterocycles. The van der Waals surface area contributed by atoms with Gasteiger partial charge in [-0.1, -0.05) is 20.8 Å². The van der Waals surface area contributed by atoms with Crippen LogP contribution >= 0.6 is 0 Å². The summed E-state index contributed by atoms with van der Waals surface area (Å²) in [4.78, 5) is 11.3. The fourth-order valence-electron chi connectivity index (χ4n) is 1.63. The zero-order valence-electron chi connectivity index (χ0n) is 10.2. The molecule has 1 fully saturated rings. The Hall–Kier alpha value is -0.570. The second kappa shape index (κ2) is 6.11. The molecule has 0 heterocycles. The first-order valence-electron chi connectivity index (χ1n) is 6.07. The van der Waals surface area contributed by atoms with Crippen molar-refractivity contribution >= 4 is 5.91 Å². The highest BCUT2D eigenvalue weighted by atomic mass is 16.1. The fraction of sp³-hybridized carbons (Fsp3) is 0.917. The summed E-state index contributed by atoms with van der Waals surface area (Å²) in [6.45, 7) is 8.67. The smallest absolute Gasteiger partial charge is 0.233 e. The predicted octanol–water partition coefficient (Wildman–Crippen LogP) is 1.39. The van der Waals surface area contributed by atoms with E-state index >= 15 is 0 Å². The Labute approximate surface area is 93.0 Å². The van der Waals surface area contributed by atoms with Crippen molar-refractivity contribution in [2.24, 2.45) is 17.8 Å². The molecule has 1 aliphatic carbocycles. The fourth-order valence-corrected chi connectivity index (χ4v) is 1.63. The van der Waals surface area contributed by atoms with Crippen molar-refractivity contribution in [3.8, 4) is 0 Å². The molecule has 1 aliphatic rings. The van der Waals surface area contributed by atoms with Crippen molar-refractivity contribution in [2.75, 3.05) is 19.6 Å². The van der Waals surface area contributed by atoms with Gasteiger partial charge >= 0.3 is 0 Å². The molecule has 1 unspecified atom stereocenters. The third-order valence-corrected chi connectivity index (χ3v) is 2.89. The van der Waals surface area contributed by atoms with E-state index in [0.717, 1.165) is 24.9 Å². The predicted molar refractivity (Wildman–Crippen MR) is 62.6 cm³/mol. The monoisotopic (exact) mass is 212 g/mol. The Morgan fingerprint density at radius 1 is 1.27 bits per heavy atom. The zero-order chi connectivity index (χ0) is 11.3. The summed E-state index contributed by atoms with van der Waals surface area (Å²) in [6, 6.07) is 0. The van der Waals surface area contributed by atoms with Crippen LogP contribution in [0.2, 0.25) is 0 Å². The van der Waals surface area contributed by atoms with E-state index in [4.69, 9.17) is 0 Å². The molecular formula is C12H24N2O. The molecule has 0 aromatic rings. The second-order valence-electron chi connectivity index (χ2n) is 5.14. The van der Waals surface area contributed by atoms with Gasteiger partial charge in [0.25, 0.3) is 0 Å². The van der Waals surface area contributed by atoms with Crippen molar-refractivity contribution < 1.29 is 4.79 Å². The molecule has 1 atom stereocenters. The number of carbonyl (C=O) groups is 1. The molecule has 15 heavy (non-hydrogen) atoms. The van der Waals surface area contributed by atoms with E-state index in [1.165, 1.54) is 12.8 Å². The van der Waals surface area contributed by atoms with Gasteiger partial charge in [0.05, 0.1) is 6.54 Å². The van der Waals surface area contributed by atoms with Crippen LogP contribution in [0.4, 0.5) is 0 Å². The first kappa shape index (κ1) is 12.5. The molecule has 0 aromatic heterocycles. The average Bonchev–Trinajstić information content (AvgIpc) is 2.97. The van der Waals surface area contributed by atoms with Crippen LogP contribution in [0.3, 0.4) is 0 Å². The van der Waals surface area contributed by atoms with Gasteiger partial charge in [-0.3, -0.25) is 4.79 Å². The number of hydrogen-bond acceptors (Lipinski definition) is 2. The third kappa shape index (κ3) is 5.78. The first-order chi connectivity index (χ1) is 7.09. The quantitative estimate of drug-likeness (QED) is 0.669. The maximum Gasteiger partial charge on any atom is 0.233 e. The number of rotatable bonds is 7. The molecule has 3 nitrogen and oxygen atoms in total. The van der Waals surface area contributed by atoms with Crippen molar-refractivity contribution in [1.29, 1.82) is 0 Å². The molecule has 2 N–H and O–H groups in total. The van der Waals surface area contributed by atoms with Crippen molar-refractivity contribution in [3.63, 3.8) is 0 Å². The molecule has 0 bridgehead atoms. The molecule has 1 amide bonds. The van der Waals surface area contributed by atoms with Gasteiger partial charge in [-0.05, 0) is 37.1 Å². The van der Waals surface area contributed by atoms with Gasteiger partial charge in [0.15, 0.2) is 0 Å². The summed E-state index contributed by atoms with van der Waals surface area (Å²) in [6.07, 6.45) is 2.75. The van der Waals surface area contributed by atoms with Crippen molar-refractivity contribution in [1.82, 2.24) is 10.6 Å². The minimum atomic E-state index is 0.117. The lowest BCUT2D eigenvalue weighted by molar-refractivity contribution is -0.120. The first-order valence-corrected chi connectivity index (χ1v) is 6.07. The number of nitrogens with one attached hydrogen (secondary N) is 2. The van der Waals surface area contributed by atoms with Gasteiger partial charge < -0.3 is 10.6 Å². The van der Waals surface area contributed by atoms with Gasteiger partial charge in [0, 0.05) is 6.54 Å². The van der Waals surface area contributed by atoms with E-state index in [1.54, 1.807) is 0 Å². The normalized spacial score (nSPS) is 17.9. The maximum absolute atomic E-state index is 11.3. The van der Waals surface area contributed by atoms with E-state index in [1.807, 2.05) is 0 Å². The summed E-state index contributed by atoms with van der Waals surface area (Å²) in [7, 11) is 0. The number of hydrogen-bond donors (Lipinski definition) is 2.